The molecule has 1 N–H and O–H groups in total. The third-order valence-electron chi connectivity index (χ3n) is 3.47. The van der Waals surface area contributed by atoms with Gasteiger partial charge in [0.2, 0.25) is 5.91 Å². The van der Waals surface area contributed by atoms with E-state index >= 15 is 0 Å². The first-order chi connectivity index (χ1) is 12.4. The number of thioether (sulfide) groups is 1. The minimum absolute atomic E-state index is 0.0957. The summed E-state index contributed by atoms with van der Waals surface area (Å²) in [6.45, 7) is 0. The van der Waals surface area contributed by atoms with Gasteiger partial charge in [-0.3, -0.25) is 9.59 Å². The molecular formula is C18H16ClF2NO3S. The summed E-state index contributed by atoms with van der Waals surface area (Å²) in [7, 11) is 1.25. The number of amides is 1. The van der Waals surface area contributed by atoms with Crippen molar-refractivity contribution in [3.63, 3.8) is 0 Å². The van der Waals surface area contributed by atoms with Crippen LogP contribution in [0.3, 0.4) is 0 Å². The zero-order valence-electron chi connectivity index (χ0n) is 13.8. The van der Waals surface area contributed by atoms with Crippen molar-refractivity contribution in [3.8, 4) is 0 Å². The highest BCUT2D eigenvalue weighted by molar-refractivity contribution is 8.00. The molecule has 0 bridgehead atoms. The molecular weight excluding hydrogens is 384 g/mol. The first-order valence-electron chi connectivity index (χ1n) is 7.59. The number of hydrogen-bond donors (Lipinski definition) is 1. The number of nitrogens with one attached hydrogen (secondary N) is 1. The van der Waals surface area contributed by atoms with Crippen LogP contribution in [0.15, 0.2) is 47.4 Å². The average Bonchev–Trinajstić information content (AvgIpc) is 2.60. The Kier molecular flexibility index (Phi) is 7.41. The van der Waals surface area contributed by atoms with E-state index in [4.69, 9.17) is 11.6 Å². The molecule has 0 radical (unpaired) electrons. The SMILES string of the molecule is COC(=O)CC(NC(=O)CSc1ccc(F)cc1F)c1ccccc1Cl. The van der Waals surface area contributed by atoms with E-state index in [9.17, 15) is 18.4 Å². The number of methoxy groups -OCH3 is 1. The topological polar surface area (TPSA) is 55.4 Å². The van der Waals surface area contributed by atoms with E-state index in [1.807, 2.05) is 0 Å². The lowest BCUT2D eigenvalue weighted by Crippen LogP contribution is -2.32. The Morgan fingerprint density at radius 1 is 1.23 bits per heavy atom. The monoisotopic (exact) mass is 399 g/mol. The fraction of sp³-hybridized carbons (Fsp3) is 0.222. The second-order valence-electron chi connectivity index (χ2n) is 5.29. The number of esters is 1. The number of rotatable bonds is 7. The molecule has 2 aromatic rings. The van der Waals surface area contributed by atoms with Gasteiger partial charge in [-0.25, -0.2) is 8.78 Å². The van der Waals surface area contributed by atoms with Gasteiger partial charge in [0.15, 0.2) is 0 Å². The lowest BCUT2D eigenvalue weighted by atomic mass is 10.0. The van der Waals surface area contributed by atoms with Crippen molar-refractivity contribution in [2.45, 2.75) is 17.4 Å². The van der Waals surface area contributed by atoms with Crippen LogP contribution in [0.1, 0.15) is 18.0 Å². The molecule has 138 valence electrons. The summed E-state index contributed by atoms with van der Waals surface area (Å²) in [6, 6.07) is 9.28. The summed E-state index contributed by atoms with van der Waals surface area (Å²) in [5, 5.41) is 3.10. The van der Waals surface area contributed by atoms with Crippen LogP contribution in [0.25, 0.3) is 0 Å². The van der Waals surface area contributed by atoms with Gasteiger partial charge < -0.3 is 10.1 Å². The molecule has 26 heavy (non-hydrogen) atoms. The summed E-state index contributed by atoms with van der Waals surface area (Å²) in [5.41, 5.74) is 0.575. The van der Waals surface area contributed by atoms with Gasteiger partial charge in [0, 0.05) is 16.0 Å². The zero-order chi connectivity index (χ0) is 19.1. The predicted octanol–water partition coefficient (Wildman–Crippen LogP) is 4.13. The molecule has 4 nitrogen and oxygen atoms in total. The maximum absolute atomic E-state index is 13.6. The minimum Gasteiger partial charge on any atom is -0.469 e. The molecule has 8 heteroatoms. The van der Waals surface area contributed by atoms with Crippen LogP contribution in [-0.4, -0.2) is 24.7 Å². The first-order valence-corrected chi connectivity index (χ1v) is 8.95. The largest absolute Gasteiger partial charge is 0.469 e. The summed E-state index contributed by atoms with van der Waals surface area (Å²) >= 11 is 7.07. The number of carbonyl (C=O) groups excluding carboxylic acids is 2. The first kappa shape index (κ1) is 20.2. The van der Waals surface area contributed by atoms with Crippen molar-refractivity contribution >= 4 is 35.2 Å². The Bertz CT molecular complexity index is 804. The molecule has 0 aliphatic carbocycles. The molecule has 0 fully saturated rings. The van der Waals surface area contributed by atoms with Crippen molar-refractivity contribution in [3.05, 3.63) is 64.7 Å². The Morgan fingerprint density at radius 3 is 2.62 bits per heavy atom. The third kappa shape index (κ3) is 5.71. The lowest BCUT2D eigenvalue weighted by Gasteiger charge is -2.19. The number of benzene rings is 2. The smallest absolute Gasteiger partial charge is 0.307 e. The van der Waals surface area contributed by atoms with Crippen molar-refractivity contribution in [2.75, 3.05) is 12.9 Å². The van der Waals surface area contributed by atoms with Crippen LogP contribution >= 0.6 is 23.4 Å². The van der Waals surface area contributed by atoms with Gasteiger partial charge in [0.1, 0.15) is 11.6 Å². The van der Waals surface area contributed by atoms with E-state index in [2.05, 4.69) is 10.1 Å². The zero-order valence-corrected chi connectivity index (χ0v) is 15.4. The standard InChI is InChI=1S/C18H16ClF2NO3S/c1-25-18(24)9-15(12-4-2-3-5-13(12)19)22-17(23)10-26-16-7-6-11(20)8-14(16)21/h2-8,15H,9-10H2,1H3,(H,22,23). The highest BCUT2D eigenvalue weighted by Gasteiger charge is 2.21. The highest BCUT2D eigenvalue weighted by Crippen LogP contribution is 2.26. The van der Waals surface area contributed by atoms with Gasteiger partial charge in [0.25, 0.3) is 0 Å². The van der Waals surface area contributed by atoms with Crippen molar-refractivity contribution in [2.24, 2.45) is 0 Å². The number of carbonyl (C=O) groups is 2. The van der Waals surface area contributed by atoms with Crippen LogP contribution in [0.2, 0.25) is 5.02 Å². The van der Waals surface area contributed by atoms with E-state index in [1.165, 1.54) is 13.2 Å². The fourth-order valence-electron chi connectivity index (χ4n) is 2.22. The maximum Gasteiger partial charge on any atom is 0.307 e. The van der Waals surface area contributed by atoms with Crippen LogP contribution < -0.4 is 5.32 Å². The van der Waals surface area contributed by atoms with Gasteiger partial charge >= 0.3 is 5.97 Å². The predicted molar refractivity (Wildman–Crippen MR) is 96.1 cm³/mol. The minimum atomic E-state index is -0.736. The van der Waals surface area contributed by atoms with E-state index in [0.717, 1.165) is 23.9 Å². The van der Waals surface area contributed by atoms with Crippen LogP contribution in [0.5, 0.6) is 0 Å². The molecule has 0 saturated carbocycles. The molecule has 0 aromatic heterocycles. The average molecular weight is 400 g/mol. The van der Waals surface area contributed by atoms with Crippen LogP contribution in [0, 0.1) is 11.6 Å². The number of hydrogen-bond acceptors (Lipinski definition) is 4. The molecule has 1 amide bonds. The van der Waals surface area contributed by atoms with Gasteiger partial charge in [0.05, 0.1) is 25.3 Å². The quantitative estimate of drug-likeness (QED) is 0.562. The van der Waals surface area contributed by atoms with E-state index < -0.39 is 29.6 Å². The summed E-state index contributed by atoms with van der Waals surface area (Å²) < 4.78 is 31.2. The second kappa shape index (κ2) is 9.54. The Labute approximate surface area is 158 Å². The molecule has 0 saturated heterocycles. The molecule has 0 spiro atoms. The Morgan fingerprint density at radius 2 is 1.96 bits per heavy atom. The molecule has 0 aliphatic heterocycles. The summed E-state index contributed by atoms with van der Waals surface area (Å²) in [4.78, 5) is 24.0. The van der Waals surface area contributed by atoms with Gasteiger partial charge in [-0.05, 0) is 23.8 Å². The second-order valence-corrected chi connectivity index (χ2v) is 6.71. The van der Waals surface area contributed by atoms with E-state index in [0.29, 0.717) is 10.6 Å². The molecule has 1 atom stereocenters. The Balaban J connectivity index is 2.06. The fourth-order valence-corrected chi connectivity index (χ4v) is 3.22. The normalized spacial score (nSPS) is 11.7. The lowest BCUT2D eigenvalue weighted by molar-refractivity contribution is -0.141. The Hall–Kier alpha value is -2.12. The van der Waals surface area contributed by atoms with Gasteiger partial charge in [-0.2, -0.15) is 0 Å². The maximum atomic E-state index is 13.6. The van der Waals surface area contributed by atoms with Crippen molar-refractivity contribution in [1.29, 1.82) is 0 Å². The highest BCUT2D eigenvalue weighted by atomic mass is 35.5. The molecule has 0 aliphatic rings. The molecule has 0 heterocycles. The van der Waals surface area contributed by atoms with E-state index in [-0.39, 0.29) is 17.1 Å². The van der Waals surface area contributed by atoms with Crippen molar-refractivity contribution in [1.82, 2.24) is 5.32 Å². The van der Waals surface area contributed by atoms with Crippen LogP contribution in [-0.2, 0) is 14.3 Å². The van der Waals surface area contributed by atoms with Crippen LogP contribution in [0.4, 0.5) is 8.78 Å². The molecule has 1 unspecified atom stereocenters. The number of ether oxygens (including phenoxy) is 1. The van der Waals surface area contributed by atoms with Gasteiger partial charge in [-0.1, -0.05) is 29.8 Å². The third-order valence-corrected chi connectivity index (χ3v) is 4.86. The molecule has 2 aromatic carbocycles. The summed E-state index contributed by atoms with van der Waals surface area (Å²) in [5.74, 6) is -2.46. The summed E-state index contributed by atoms with van der Waals surface area (Å²) in [6.07, 6.45) is -0.0957. The van der Waals surface area contributed by atoms with Gasteiger partial charge in [-0.15, -0.1) is 11.8 Å². The number of halogens is 3. The molecule has 2 rings (SSSR count). The van der Waals surface area contributed by atoms with E-state index in [1.54, 1.807) is 24.3 Å². The van der Waals surface area contributed by atoms with Crippen molar-refractivity contribution < 1.29 is 23.1 Å².